The van der Waals surface area contributed by atoms with Gasteiger partial charge >= 0.3 is 0 Å². The van der Waals surface area contributed by atoms with Gasteiger partial charge in [0.2, 0.25) is 5.91 Å². The first-order valence-electron chi connectivity index (χ1n) is 11.5. The number of rotatable bonds is 5. The van der Waals surface area contributed by atoms with E-state index in [1.54, 1.807) is 11.7 Å². The summed E-state index contributed by atoms with van der Waals surface area (Å²) < 4.78 is 31.3. The van der Waals surface area contributed by atoms with Crippen molar-refractivity contribution in [3.63, 3.8) is 0 Å². The van der Waals surface area contributed by atoms with Crippen LogP contribution in [0.3, 0.4) is 0 Å². The molecule has 11 heteroatoms. The number of halogens is 2. The van der Waals surface area contributed by atoms with Crippen molar-refractivity contribution in [3.8, 4) is 0 Å². The zero-order chi connectivity index (χ0) is 24.7. The molecule has 0 aliphatic carbocycles. The molecule has 0 saturated carbocycles. The number of piperidine rings is 1. The summed E-state index contributed by atoms with van der Waals surface area (Å²) >= 11 is 1.52. The molecule has 184 valence electrons. The number of nitrogens with zero attached hydrogens (tertiary/aromatic N) is 5. The van der Waals surface area contributed by atoms with E-state index >= 15 is 0 Å². The molecular formula is C24H25F2N5O3S. The summed E-state index contributed by atoms with van der Waals surface area (Å²) in [6, 6.07) is 5.26. The molecule has 3 aromatic rings. The topological polar surface area (TPSA) is 81.7 Å². The molecule has 1 aromatic carbocycles. The Labute approximate surface area is 204 Å². The van der Waals surface area contributed by atoms with Crippen molar-refractivity contribution in [1.29, 1.82) is 0 Å². The highest BCUT2D eigenvalue weighted by Gasteiger charge is 2.31. The van der Waals surface area contributed by atoms with Crippen molar-refractivity contribution >= 4 is 23.0 Å². The van der Waals surface area contributed by atoms with Crippen LogP contribution in [0.2, 0.25) is 0 Å². The fourth-order valence-corrected chi connectivity index (χ4v) is 5.65. The first-order chi connectivity index (χ1) is 16.8. The van der Waals surface area contributed by atoms with Gasteiger partial charge < -0.3 is 9.74 Å². The van der Waals surface area contributed by atoms with Crippen molar-refractivity contribution < 1.29 is 18.4 Å². The van der Waals surface area contributed by atoms with Crippen molar-refractivity contribution in [2.24, 2.45) is 12.2 Å². The number of aromatic nitrogens is 3. The van der Waals surface area contributed by atoms with Crippen LogP contribution >= 0.6 is 11.3 Å². The number of aryl methyl sites for hydroxylation is 1. The second-order valence-electron chi connectivity index (χ2n) is 8.90. The molecule has 0 radical (unpaired) electrons. The summed E-state index contributed by atoms with van der Waals surface area (Å²) in [7, 11) is 1.66. The lowest BCUT2D eigenvalue weighted by Crippen LogP contribution is -2.40. The first kappa shape index (κ1) is 23.4. The van der Waals surface area contributed by atoms with Gasteiger partial charge in [-0.3, -0.25) is 19.0 Å². The maximum Gasteiger partial charge on any atom is 0.266 e. The highest BCUT2D eigenvalue weighted by molar-refractivity contribution is 7.10. The van der Waals surface area contributed by atoms with Crippen molar-refractivity contribution in [2.45, 2.75) is 44.8 Å². The number of benzene rings is 1. The standard InChI is InChI=1S/C24H25F2N5O3S/c1-14-10-21(32)29(2)31(14)12-22(33)30-8-6-15(7-9-30)24-27-19(13-35-24)18-11-20(34-28-18)23-16(25)4-3-5-17(23)26/h3-5,10,13,15,20H,6-9,11-12H2,1-2H3. The lowest BCUT2D eigenvalue weighted by atomic mass is 9.97. The fourth-order valence-electron chi connectivity index (χ4n) is 4.65. The van der Waals surface area contributed by atoms with E-state index in [9.17, 15) is 18.4 Å². The van der Waals surface area contributed by atoms with Gasteiger partial charge in [-0.1, -0.05) is 11.2 Å². The average Bonchev–Trinajstić information content (AvgIpc) is 3.56. The minimum absolute atomic E-state index is 0.0125. The van der Waals surface area contributed by atoms with Crippen molar-refractivity contribution in [2.75, 3.05) is 13.1 Å². The van der Waals surface area contributed by atoms with Crippen molar-refractivity contribution in [3.05, 3.63) is 73.6 Å². The molecule has 2 aliphatic heterocycles. The molecule has 1 amide bonds. The smallest absolute Gasteiger partial charge is 0.266 e. The van der Waals surface area contributed by atoms with Crippen LogP contribution < -0.4 is 5.56 Å². The molecular weight excluding hydrogens is 476 g/mol. The summed E-state index contributed by atoms with van der Waals surface area (Å²) in [5, 5.41) is 6.89. The van der Waals surface area contributed by atoms with Crippen LogP contribution in [0, 0.1) is 18.6 Å². The summed E-state index contributed by atoms with van der Waals surface area (Å²) in [5.74, 6) is -1.10. The third-order valence-electron chi connectivity index (χ3n) is 6.71. The lowest BCUT2D eigenvalue weighted by Gasteiger charge is -2.31. The number of hydrogen-bond donors (Lipinski definition) is 0. The Morgan fingerprint density at radius 2 is 1.94 bits per heavy atom. The normalized spacial score (nSPS) is 18.6. The molecule has 1 saturated heterocycles. The maximum absolute atomic E-state index is 14.1. The number of thiazole rings is 1. The van der Waals surface area contributed by atoms with E-state index in [-0.39, 0.29) is 35.9 Å². The van der Waals surface area contributed by atoms with Gasteiger partial charge in [-0.2, -0.15) is 0 Å². The Bertz CT molecular complexity index is 1330. The van der Waals surface area contributed by atoms with E-state index in [2.05, 4.69) is 5.16 Å². The summed E-state index contributed by atoms with van der Waals surface area (Å²) in [4.78, 5) is 36.5. The molecule has 4 heterocycles. The predicted molar refractivity (Wildman–Crippen MR) is 126 cm³/mol. The van der Waals surface area contributed by atoms with E-state index in [1.807, 2.05) is 17.2 Å². The van der Waals surface area contributed by atoms with Crippen LogP contribution in [-0.2, 0) is 23.2 Å². The molecule has 0 bridgehead atoms. The van der Waals surface area contributed by atoms with Crippen LogP contribution in [0.1, 0.15) is 53.2 Å². The van der Waals surface area contributed by atoms with Gasteiger partial charge in [0.25, 0.3) is 5.56 Å². The Kier molecular flexibility index (Phi) is 6.26. The second-order valence-corrected chi connectivity index (χ2v) is 9.79. The molecule has 8 nitrogen and oxygen atoms in total. The van der Waals surface area contributed by atoms with E-state index in [0.717, 1.165) is 23.5 Å². The van der Waals surface area contributed by atoms with E-state index in [0.29, 0.717) is 24.5 Å². The minimum atomic E-state index is -0.811. The zero-order valence-electron chi connectivity index (χ0n) is 19.4. The van der Waals surface area contributed by atoms with E-state index in [4.69, 9.17) is 9.82 Å². The van der Waals surface area contributed by atoms with Gasteiger partial charge in [0.1, 0.15) is 23.9 Å². The van der Waals surface area contributed by atoms with Gasteiger partial charge in [0.05, 0.1) is 16.3 Å². The molecule has 2 aromatic heterocycles. The van der Waals surface area contributed by atoms with Gasteiger partial charge in [-0.25, -0.2) is 13.8 Å². The van der Waals surface area contributed by atoms with Crippen LogP contribution in [0.4, 0.5) is 8.78 Å². The highest BCUT2D eigenvalue weighted by Crippen LogP contribution is 2.35. The fraction of sp³-hybridized carbons (Fsp3) is 0.417. The summed E-state index contributed by atoms with van der Waals surface area (Å²) in [5.41, 5.74) is 1.74. The van der Waals surface area contributed by atoms with Crippen molar-refractivity contribution in [1.82, 2.24) is 19.2 Å². The Balaban J connectivity index is 1.18. The predicted octanol–water partition coefficient (Wildman–Crippen LogP) is 3.50. The molecule has 5 rings (SSSR count). The van der Waals surface area contributed by atoms with Crippen LogP contribution in [0.5, 0.6) is 0 Å². The number of likely N-dealkylation sites (tertiary alicyclic amines) is 1. The number of amides is 1. The molecule has 0 spiro atoms. The summed E-state index contributed by atoms with van der Waals surface area (Å²) in [6.07, 6.45) is 1.01. The molecule has 1 atom stereocenters. The first-order valence-corrected chi connectivity index (χ1v) is 12.3. The zero-order valence-corrected chi connectivity index (χ0v) is 20.2. The number of carbonyl (C=O) groups is 1. The SMILES string of the molecule is Cc1cc(=O)n(C)n1CC(=O)N1CCC(c2nc(C3=NOC(c4c(F)cccc4F)C3)cs2)CC1. The Hall–Kier alpha value is -3.34. The second kappa shape index (κ2) is 9.37. The minimum Gasteiger partial charge on any atom is -0.387 e. The molecule has 35 heavy (non-hydrogen) atoms. The monoisotopic (exact) mass is 501 g/mol. The molecule has 1 fully saturated rings. The van der Waals surface area contributed by atoms with Crippen LogP contribution in [0.25, 0.3) is 0 Å². The number of carbonyl (C=O) groups excluding carboxylic acids is 1. The number of hydrogen-bond acceptors (Lipinski definition) is 6. The average molecular weight is 502 g/mol. The quantitative estimate of drug-likeness (QED) is 0.536. The van der Waals surface area contributed by atoms with E-state index in [1.165, 1.54) is 40.3 Å². The lowest BCUT2D eigenvalue weighted by molar-refractivity contribution is -0.133. The van der Waals surface area contributed by atoms with Gasteiger partial charge in [0, 0.05) is 49.6 Å². The van der Waals surface area contributed by atoms with Gasteiger partial charge in [-0.15, -0.1) is 11.3 Å². The maximum atomic E-state index is 14.1. The largest absolute Gasteiger partial charge is 0.387 e. The third kappa shape index (κ3) is 4.52. The summed E-state index contributed by atoms with van der Waals surface area (Å²) in [6.45, 7) is 3.19. The van der Waals surface area contributed by atoms with E-state index < -0.39 is 17.7 Å². The van der Waals surface area contributed by atoms with Gasteiger partial charge in [0.15, 0.2) is 6.10 Å². The van der Waals surface area contributed by atoms with Crippen LogP contribution in [0.15, 0.2) is 39.6 Å². The van der Waals surface area contributed by atoms with Crippen LogP contribution in [-0.4, -0.2) is 44.0 Å². The Morgan fingerprint density at radius 1 is 1.23 bits per heavy atom. The number of oxime groups is 1. The molecule has 2 aliphatic rings. The Morgan fingerprint density at radius 3 is 2.60 bits per heavy atom. The molecule has 1 unspecified atom stereocenters. The highest BCUT2D eigenvalue weighted by atomic mass is 32.1. The van der Waals surface area contributed by atoms with Gasteiger partial charge in [-0.05, 0) is 31.9 Å². The molecule has 0 N–H and O–H groups in total. The third-order valence-corrected chi connectivity index (χ3v) is 7.72.